The molecule has 0 saturated heterocycles. The molecule has 3 nitrogen and oxygen atoms in total. The molecule has 106 valence electrons. The first-order chi connectivity index (χ1) is 9.31. The average molecular weight is 339 g/mol. The Labute approximate surface area is 127 Å². The van der Waals surface area contributed by atoms with Crippen molar-refractivity contribution in [2.75, 3.05) is 6.79 Å². The Morgan fingerprint density at radius 3 is 2.50 bits per heavy atom. The Kier molecular flexibility index (Phi) is 4.98. The van der Waals surface area contributed by atoms with Crippen molar-refractivity contribution in [2.45, 2.75) is 13.1 Å². The summed E-state index contributed by atoms with van der Waals surface area (Å²) in [7, 11) is 0. The molecule has 0 fully saturated rings. The van der Waals surface area contributed by atoms with E-state index in [1.165, 1.54) is 12.1 Å². The number of nitrogens with one attached hydrogen (secondary N) is 1. The van der Waals surface area contributed by atoms with Crippen LogP contribution in [-0.4, -0.2) is 6.79 Å². The van der Waals surface area contributed by atoms with Crippen molar-refractivity contribution in [1.82, 2.24) is 5.32 Å². The zero-order valence-corrected chi connectivity index (χ0v) is 12.3. The van der Waals surface area contributed by atoms with Crippen LogP contribution in [0.4, 0.5) is 4.39 Å². The van der Waals surface area contributed by atoms with E-state index >= 15 is 0 Å². The highest BCUT2D eigenvalue weighted by atomic mass is 79.9. The number of ether oxygens (including phenoxy) is 2. The fourth-order valence-corrected chi connectivity index (χ4v) is 2.05. The number of hydrogen-bond acceptors (Lipinski definition) is 3. The van der Waals surface area contributed by atoms with E-state index in [0.29, 0.717) is 13.1 Å². The van der Waals surface area contributed by atoms with Crippen molar-refractivity contribution in [1.29, 1.82) is 0 Å². The van der Waals surface area contributed by atoms with Crippen molar-refractivity contribution in [3.05, 3.63) is 59.4 Å². The Morgan fingerprint density at radius 2 is 1.70 bits per heavy atom. The van der Waals surface area contributed by atoms with Gasteiger partial charge in [0.05, 0.1) is 0 Å². The van der Waals surface area contributed by atoms with Gasteiger partial charge >= 0.3 is 0 Å². The molecule has 1 heterocycles. The average Bonchev–Trinajstić information content (AvgIpc) is 2.86. The lowest BCUT2D eigenvalue weighted by atomic mass is 10.2. The van der Waals surface area contributed by atoms with Gasteiger partial charge in [-0.3, -0.25) is 0 Å². The van der Waals surface area contributed by atoms with Crippen LogP contribution < -0.4 is 31.8 Å². The molecule has 1 N–H and O–H groups in total. The lowest BCUT2D eigenvalue weighted by molar-refractivity contribution is -0.00000603. The molecule has 0 unspecified atom stereocenters. The fourth-order valence-electron chi connectivity index (χ4n) is 2.05. The highest BCUT2D eigenvalue weighted by Gasteiger charge is 2.12. The Hall–Kier alpha value is -1.59. The molecule has 0 aliphatic carbocycles. The van der Waals surface area contributed by atoms with Crippen LogP contribution in [0.25, 0.3) is 0 Å². The second-order valence-electron chi connectivity index (χ2n) is 4.42. The number of benzene rings is 2. The second kappa shape index (κ2) is 6.72. The molecule has 0 atom stereocenters. The van der Waals surface area contributed by atoms with E-state index in [-0.39, 0.29) is 29.6 Å². The molecular weight excluding hydrogens is 325 g/mol. The first-order valence-corrected chi connectivity index (χ1v) is 6.15. The highest BCUT2D eigenvalue weighted by Crippen LogP contribution is 2.32. The summed E-state index contributed by atoms with van der Waals surface area (Å²) in [6.07, 6.45) is 0. The highest BCUT2D eigenvalue weighted by molar-refractivity contribution is 5.44. The standard InChI is InChI=1S/C15H14FNO2.BrH/c16-13-3-1-2-11(6-13)8-17-9-12-4-5-14-15(7-12)19-10-18-14;/h1-7,17H,8-10H2;1H/p-1. The molecule has 20 heavy (non-hydrogen) atoms. The third-order valence-electron chi connectivity index (χ3n) is 2.98. The van der Waals surface area contributed by atoms with E-state index in [2.05, 4.69) is 5.32 Å². The maximum atomic E-state index is 13.0. The predicted molar refractivity (Wildman–Crippen MR) is 69.5 cm³/mol. The van der Waals surface area contributed by atoms with Gasteiger partial charge in [0.2, 0.25) is 6.79 Å². The molecule has 1 aliphatic rings. The number of rotatable bonds is 4. The van der Waals surface area contributed by atoms with Gasteiger partial charge in [-0.05, 0) is 35.4 Å². The molecule has 0 amide bonds. The molecular formula is C15H14BrFNO2-. The Bertz CT molecular complexity index is 592. The maximum absolute atomic E-state index is 13.0. The summed E-state index contributed by atoms with van der Waals surface area (Å²) in [6, 6.07) is 12.4. The van der Waals surface area contributed by atoms with Gasteiger partial charge in [-0.1, -0.05) is 18.2 Å². The smallest absolute Gasteiger partial charge is 0.231 e. The summed E-state index contributed by atoms with van der Waals surface area (Å²) in [4.78, 5) is 0. The van der Waals surface area contributed by atoms with Crippen LogP contribution in [0.1, 0.15) is 11.1 Å². The Balaban J connectivity index is 0.00000147. The van der Waals surface area contributed by atoms with E-state index in [0.717, 1.165) is 22.6 Å². The molecule has 5 heteroatoms. The van der Waals surface area contributed by atoms with Crippen molar-refractivity contribution in [2.24, 2.45) is 0 Å². The van der Waals surface area contributed by atoms with Crippen LogP contribution in [-0.2, 0) is 13.1 Å². The zero-order chi connectivity index (χ0) is 13.1. The topological polar surface area (TPSA) is 30.5 Å². The molecule has 1 aliphatic heterocycles. The lowest BCUT2D eigenvalue weighted by Gasteiger charge is -2.06. The van der Waals surface area contributed by atoms with Crippen LogP contribution in [0.15, 0.2) is 42.5 Å². The number of hydrogen-bond donors (Lipinski definition) is 1. The monoisotopic (exact) mass is 338 g/mol. The second-order valence-corrected chi connectivity index (χ2v) is 4.42. The molecule has 0 saturated carbocycles. The van der Waals surface area contributed by atoms with E-state index in [1.54, 1.807) is 6.07 Å². The molecule has 0 aromatic heterocycles. The van der Waals surface area contributed by atoms with Gasteiger partial charge in [-0.2, -0.15) is 0 Å². The third kappa shape index (κ3) is 3.49. The molecule has 0 bridgehead atoms. The fraction of sp³-hybridized carbons (Fsp3) is 0.200. The first kappa shape index (κ1) is 14.8. The largest absolute Gasteiger partial charge is 1.00 e. The van der Waals surface area contributed by atoms with Crippen LogP contribution in [0, 0.1) is 5.82 Å². The van der Waals surface area contributed by atoms with Crippen molar-refractivity contribution in [3.8, 4) is 11.5 Å². The van der Waals surface area contributed by atoms with E-state index in [9.17, 15) is 4.39 Å². The Morgan fingerprint density at radius 1 is 0.950 bits per heavy atom. The third-order valence-corrected chi connectivity index (χ3v) is 2.98. The summed E-state index contributed by atoms with van der Waals surface area (Å²) in [6.45, 7) is 1.62. The summed E-state index contributed by atoms with van der Waals surface area (Å²) >= 11 is 0. The number of halogens is 2. The quantitative estimate of drug-likeness (QED) is 0.841. The van der Waals surface area contributed by atoms with E-state index in [4.69, 9.17) is 9.47 Å². The van der Waals surface area contributed by atoms with Crippen LogP contribution >= 0.6 is 0 Å². The number of fused-ring (bicyclic) bond motifs is 1. The van der Waals surface area contributed by atoms with E-state index in [1.807, 2.05) is 24.3 Å². The van der Waals surface area contributed by atoms with Crippen molar-refractivity contribution in [3.63, 3.8) is 0 Å². The predicted octanol–water partition coefficient (Wildman–Crippen LogP) is -0.152. The normalized spacial score (nSPS) is 12.1. The van der Waals surface area contributed by atoms with Crippen molar-refractivity contribution >= 4 is 0 Å². The van der Waals surface area contributed by atoms with Crippen LogP contribution in [0.3, 0.4) is 0 Å². The lowest BCUT2D eigenvalue weighted by Crippen LogP contribution is -3.00. The van der Waals surface area contributed by atoms with Crippen molar-refractivity contribution < 1.29 is 30.8 Å². The van der Waals surface area contributed by atoms with E-state index < -0.39 is 0 Å². The molecule has 2 aromatic carbocycles. The van der Waals surface area contributed by atoms with Crippen LogP contribution in [0.2, 0.25) is 0 Å². The summed E-state index contributed by atoms with van der Waals surface area (Å²) in [5.41, 5.74) is 2.04. The molecule has 2 aromatic rings. The summed E-state index contributed by atoms with van der Waals surface area (Å²) in [5.74, 6) is 1.36. The van der Waals surface area contributed by atoms with Gasteiger partial charge in [0.25, 0.3) is 0 Å². The SMILES string of the molecule is Fc1cccc(CNCc2ccc3c(c2)OCO3)c1.[Br-]. The molecule has 3 rings (SSSR count). The van der Waals surface area contributed by atoms with Gasteiger partial charge in [-0.15, -0.1) is 0 Å². The van der Waals surface area contributed by atoms with Gasteiger partial charge in [-0.25, -0.2) is 4.39 Å². The minimum absolute atomic E-state index is 0. The maximum Gasteiger partial charge on any atom is 0.231 e. The van der Waals surface area contributed by atoms with Gasteiger partial charge in [0, 0.05) is 13.1 Å². The first-order valence-electron chi connectivity index (χ1n) is 6.15. The molecule has 0 spiro atoms. The zero-order valence-electron chi connectivity index (χ0n) is 10.7. The van der Waals surface area contributed by atoms with Gasteiger partial charge in [0.15, 0.2) is 11.5 Å². The molecule has 0 radical (unpaired) electrons. The van der Waals surface area contributed by atoms with Gasteiger partial charge in [0.1, 0.15) is 5.82 Å². The minimum Gasteiger partial charge on any atom is -1.00 e. The van der Waals surface area contributed by atoms with Crippen LogP contribution in [0.5, 0.6) is 11.5 Å². The van der Waals surface area contributed by atoms with Gasteiger partial charge < -0.3 is 31.8 Å². The summed E-state index contributed by atoms with van der Waals surface area (Å²) < 4.78 is 23.6. The minimum atomic E-state index is -0.206. The summed E-state index contributed by atoms with van der Waals surface area (Å²) in [5, 5.41) is 3.27.